The average Bonchev–Trinajstić information content (AvgIpc) is 3.42. The van der Waals surface area contributed by atoms with E-state index in [0.717, 1.165) is 22.7 Å². The number of aliphatic imine (C=N–C) groups is 1. The van der Waals surface area contributed by atoms with Crippen LogP contribution in [0.3, 0.4) is 0 Å². The fraction of sp³-hybridized carbons (Fsp3) is 0.304. The molecule has 3 aromatic rings. The summed E-state index contributed by atoms with van der Waals surface area (Å²) < 4.78 is 10.7. The SMILES string of the molecule is Clc1cc2c(cc1C=Nc1nc(-c3ccc(C4CCCCC4)cc3)cs1)OCO2. The number of aromatic nitrogens is 1. The van der Waals surface area contributed by atoms with E-state index < -0.39 is 0 Å². The highest BCUT2D eigenvalue weighted by Crippen LogP contribution is 2.37. The number of halogens is 1. The van der Waals surface area contributed by atoms with Gasteiger partial charge in [-0.1, -0.05) is 55.1 Å². The van der Waals surface area contributed by atoms with Gasteiger partial charge in [0.1, 0.15) is 0 Å². The highest BCUT2D eigenvalue weighted by atomic mass is 35.5. The molecule has 0 bridgehead atoms. The molecule has 2 heterocycles. The van der Waals surface area contributed by atoms with Crippen LogP contribution >= 0.6 is 22.9 Å². The number of rotatable bonds is 4. The van der Waals surface area contributed by atoms with E-state index in [1.54, 1.807) is 12.3 Å². The predicted octanol–water partition coefficient (Wildman–Crippen LogP) is 6.99. The quantitative estimate of drug-likeness (QED) is 0.424. The highest BCUT2D eigenvalue weighted by Gasteiger charge is 2.17. The van der Waals surface area contributed by atoms with Crippen LogP contribution in [0.15, 0.2) is 46.8 Å². The lowest BCUT2D eigenvalue weighted by Crippen LogP contribution is -2.04. The van der Waals surface area contributed by atoms with Crippen molar-refractivity contribution in [2.45, 2.75) is 38.0 Å². The van der Waals surface area contributed by atoms with Crippen LogP contribution in [0.4, 0.5) is 5.13 Å². The first-order chi connectivity index (χ1) is 14.3. The van der Waals surface area contributed by atoms with E-state index >= 15 is 0 Å². The molecule has 1 aromatic heterocycles. The summed E-state index contributed by atoms with van der Waals surface area (Å²) >= 11 is 7.83. The lowest BCUT2D eigenvalue weighted by atomic mass is 9.84. The van der Waals surface area contributed by atoms with E-state index in [0.29, 0.717) is 21.7 Å². The molecule has 0 unspecified atom stereocenters. The molecule has 6 heteroatoms. The van der Waals surface area contributed by atoms with E-state index in [4.69, 9.17) is 21.1 Å². The minimum Gasteiger partial charge on any atom is -0.454 e. The summed E-state index contributed by atoms with van der Waals surface area (Å²) in [5.74, 6) is 2.08. The fourth-order valence-corrected chi connectivity index (χ4v) is 4.85. The van der Waals surface area contributed by atoms with Gasteiger partial charge in [-0.3, -0.25) is 0 Å². The average molecular weight is 425 g/mol. The molecule has 2 aliphatic rings. The van der Waals surface area contributed by atoms with Crippen LogP contribution in [-0.4, -0.2) is 18.0 Å². The first kappa shape index (κ1) is 18.6. The van der Waals surface area contributed by atoms with E-state index in [-0.39, 0.29) is 6.79 Å². The third kappa shape index (κ3) is 4.02. The maximum atomic E-state index is 6.31. The van der Waals surface area contributed by atoms with E-state index in [1.165, 1.54) is 49.0 Å². The summed E-state index contributed by atoms with van der Waals surface area (Å²) in [7, 11) is 0. The van der Waals surface area contributed by atoms with Gasteiger partial charge in [-0.15, -0.1) is 11.3 Å². The van der Waals surface area contributed by atoms with Crippen molar-refractivity contribution in [1.82, 2.24) is 4.98 Å². The monoisotopic (exact) mass is 424 g/mol. The maximum absolute atomic E-state index is 6.31. The summed E-state index contributed by atoms with van der Waals surface area (Å²) in [6.45, 7) is 0.224. The molecule has 29 heavy (non-hydrogen) atoms. The molecule has 0 N–H and O–H groups in total. The minimum absolute atomic E-state index is 0.224. The van der Waals surface area contributed by atoms with E-state index in [1.807, 2.05) is 11.4 Å². The number of hydrogen-bond donors (Lipinski definition) is 0. The molecule has 5 rings (SSSR count). The normalized spacial score (nSPS) is 16.6. The Morgan fingerprint density at radius 2 is 1.79 bits per heavy atom. The largest absolute Gasteiger partial charge is 0.454 e. The van der Waals surface area contributed by atoms with Gasteiger partial charge in [0.25, 0.3) is 0 Å². The second kappa shape index (κ2) is 8.17. The Balaban J connectivity index is 1.31. The topological polar surface area (TPSA) is 43.7 Å². The zero-order valence-electron chi connectivity index (χ0n) is 15.9. The van der Waals surface area contributed by atoms with Crippen molar-refractivity contribution in [2.24, 2.45) is 4.99 Å². The summed E-state index contributed by atoms with van der Waals surface area (Å²) in [5, 5.41) is 3.32. The van der Waals surface area contributed by atoms with Crippen molar-refractivity contribution in [2.75, 3.05) is 6.79 Å². The van der Waals surface area contributed by atoms with Crippen LogP contribution in [0, 0.1) is 0 Å². The van der Waals surface area contributed by atoms with Crippen LogP contribution in [-0.2, 0) is 0 Å². The summed E-state index contributed by atoms with van der Waals surface area (Å²) in [6, 6.07) is 12.5. The van der Waals surface area contributed by atoms with Crippen molar-refractivity contribution in [1.29, 1.82) is 0 Å². The van der Waals surface area contributed by atoms with E-state index in [2.05, 4.69) is 34.2 Å². The molecular weight excluding hydrogens is 404 g/mol. The Bertz CT molecular complexity index is 1040. The Labute approximate surface area is 179 Å². The predicted molar refractivity (Wildman–Crippen MR) is 118 cm³/mol. The molecule has 0 spiro atoms. The molecule has 148 valence electrons. The summed E-state index contributed by atoms with van der Waals surface area (Å²) in [4.78, 5) is 9.16. The molecule has 0 amide bonds. The Kier molecular flexibility index (Phi) is 5.25. The van der Waals surface area contributed by atoms with Gasteiger partial charge < -0.3 is 9.47 Å². The number of thiazole rings is 1. The van der Waals surface area contributed by atoms with Crippen molar-refractivity contribution in [3.05, 3.63) is 57.9 Å². The standard InChI is InChI=1S/C23H21ClN2O2S/c24-19-11-22-21(27-14-28-22)10-18(19)12-25-23-26-20(13-29-23)17-8-6-16(7-9-17)15-4-2-1-3-5-15/h6-13,15H,1-5,14H2. The fourth-order valence-electron chi connectivity index (χ4n) is 3.97. The second-order valence-corrected chi connectivity index (χ2v) is 8.70. The van der Waals surface area contributed by atoms with Gasteiger partial charge in [0.05, 0.1) is 10.7 Å². The molecule has 2 aromatic carbocycles. The first-order valence-electron chi connectivity index (χ1n) is 9.95. The number of benzene rings is 2. The van der Waals surface area contributed by atoms with Crippen LogP contribution in [0.25, 0.3) is 11.3 Å². The minimum atomic E-state index is 0.224. The number of ether oxygens (including phenoxy) is 2. The Morgan fingerprint density at radius 3 is 2.59 bits per heavy atom. The third-order valence-electron chi connectivity index (χ3n) is 5.58. The van der Waals surface area contributed by atoms with Crippen molar-refractivity contribution in [3.8, 4) is 22.8 Å². The molecule has 0 saturated heterocycles. The molecule has 1 saturated carbocycles. The maximum Gasteiger partial charge on any atom is 0.231 e. The zero-order valence-corrected chi connectivity index (χ0v) is 17.5. The second-order valence-electron chi connectivity index (χ2n) is 7.46. The first-order valence-corrected chi connectivity index (χ1v) is 11.2. The van der Waals surface area contributed by atoms with Gasteiger partial charge in [-0.05, 0) is 30.4 Å². The van der Waals surface area contributed by atoms with E-state index in [9.17, 15) is 0 Å². The lowest BCUT2D eigenvalue weighted by Gasteiger charge is -2.22. The van der Waals surface area contributed by atoms with Gasteiger partial charge in [0.2, 0.25) is 11.9 Å². The van der Waals surface area contributed by atoms with Crippen molar-refractivity contribution < 1.29 is 9.47 Å². The molecular formula is C23H21ClN2O2S. The molecule has 0 atom stereocenters. The van der Waals surface area contributed by atoms with Crippen LogP contribution in [0.1, 0.15) is 49.1 Å². The lowest BCUT2D eigenvalue weighted by molar-refractivity contribution is 0.174. The van der Waals surface area contributed by atoms with Gasteiger partial charge in [-0.25, -0.2) is 9.98 Å². The van der Waals surface area contributed by atoms with Crippen LogP contribution in [0.5, 0.6) is 11.5 Å². The molecule has 4 nitrogen and oxygen atoms in total. The van der Waals surface area contributed by atoms with Gasteiger partial charge in [0, 0.05) is 28.8 Å². The molecule has 1 fully saturated rings. The summed E-state index contributed by atoms with van der Waals surface area (Å²) in [5.41, 5.74) is 4.32. The highest BCUT2D eigenvalue weighted by molar-refractivity contribution is 7.13. The smallest absolute Gasteiger partial charge is 0.231 e. The van der Waals surface area contributed by atoms with Crippen LogP contribution in [0.2, 0.25) is 5.02 Å². The van der Waals surface area contributed by atoms with Crippen molar-refractivity contribution in [3.63, 3.8) is 0 Å². The summed E-state index contributed by atoms with van der Waals surface area (Å²) in [6.07, 6.45) is 8.45. The molecule has 1 aliphatic carbocycles. The number of fused-ring (bicyclic) bond motifs is 1. The Hall–Kier alpha value is -2.37. The van der Waals surface area contributed by atoms with Gasteiger partial charge >= 0.3 is 0 Å². The number of nitrogens with zero attached hydrogens (tertiary/aromatic N) is 2. The van der Waals surface area contributed by atoms with Crippen molar-refractivity contribution >= 4 is 34.3 Å². The molecule has 1 aliphatic heterocycles. The zero-order chi connectivity index (χ0) is 19.6. The molecule has 0 radical (unpaired) electrons. The number of hydrogen-bond acceptors (Lipinski definition) is 5. The van der Waals surface area contributed by atoms with Gasteiger partial charge in [-0.2, -0.15) is 0 Å². The Morgan fingerprint density at radius 1 is 1.03 bits per heavy atom. The van der Waals surface area contributed by atoms with Gasteiger partial charge in [0.15, 0.2) is 11.5 Å². The van der Waals surface area contributed by atoms with Crippen LogP contribution < -0.4 is 9.47 Å². The third-order valence-corrected chi connectivity index (χ3v) is 6.66.